The third-order valence-corrected chi connectivity index (χ3v) is 3.95. The normalized spacial score (nSPS) is 11.3. The number of hydrogen-bond donors (Lipinski definition) is 3. The maximum Gasteiger partial charge on any atom is 0.240 e. The molecule has 1 amide bonds. The summed E-state index contributed by atoms with van der Waals surface area (Å²) in [5, 5.41) is 2.61. The fraction of sp³-hybridized carbons (Fsp3) is 0.417. The van der Waals surface area contributed by atoms with Gasteiger partial charge in [0.1, 0.15) is 5.82 Å². The number of nitrogens with one attached hydrogen (secondary N) is 2. The van der Waals surface area contributed by atoms with Gasteiger partial charge in [0, 0.05) is 19.5 Å². The highest BCUT2D eigenvalue weighted by Gasteiger charge is 2.13. The zero-order valence-corrected chi connectivity index (χ0v) is 11.7. The van der Waals surface area contributed by atoms with Crippen molar-refractivity contribution in [2.45, 2.75) is 17.7 Å². The second kappa shape index (κ2) is 7.93. The molecule has 0 aromatic heterocycles. The first-order chi connectivity index (χ1) is 9.45. The number of carbonyl (C=O) groups excluding carboxylic acids is 1. The lowest BCUT2D eigenvalue weighted by Gasteiger charge is -2.07. The highest BCUT2D eigenvalue weighted by Crippen LogP contribution is 2.09. The van der Waals surface area contributed by atoms with E-state index in [4.69, 9.17) is 5.73 Å². The zero-order chi connectivity index (χ0) is 15.0. The van der Waals surface area contributed by atoms with Gasteiger partial charge in [-0.25, -0.2) is 17.5 Å². The highest BCUT2D eigenvalue weighted by molar-refractivity contribution is 7.89. The van der Waals surface area contributed by atoms with Crippen LogP contribution in [0.5, 0.6) is 0 Å². The minimum Gasteiger partial charge on any atom is -0.356 e. The standard InChI is InChI=1S/C12H18FN3O3S/c13-10-2-4-11(5-3-10)20(18,19)16-9-6-12(17)15-8-1-7-14/h2-5,16H,1,6-9,14H2,(H,15,17). The second-order valence-electron chi connectivity index (χ2n) is 4.09. The molecule has 4 N–H and O–H groups in total. The Hall–Kier alpha value is -1.51. The molecule has 0 bridgehead atoms. The summed E-state index contributed by atoms with van der Waals surface area (Å²) in [6, 6.07) is 4.46. The summed E-state index contributed by atoms with van der Waals surface area (Å²) in [7, 11) is -3.71. The first-order valence-electron chi connectivity index (χ1n) is 6.17. The molecule has 0 saturated heterocycles. The molecule has 0 aliphatic carbocycles. The van der Waals surface area contributed by atoms with Crippen molar-refractivity contribution in [3.05, 3.63) is 30.1 Å². The van der Waals surface area contributed by atoms with Gasteiger partial charge < -0.3 is 11.1 Å². The van der Waals surface area contributed by atoms with Crippen LogP contribution >= 0.6 is 0 Å². The number of carbonyl (C=O) groups is 1. The van der Waals surface area contributed by atoms with E-state index in [9.17, 15) is 17.6 Å². The van der Waals surface area contributed by atoms with Crippen molar-refractivity contribution in [3.63, 3.8) is 0 Å². The SMILES string of the molecule is NCCCNC(=O)CCNS(=O)(=O)c1ccc(F)cc1. The van der Waals surface area contributed by atoms with E-state index in [1.54, 1.807) is 0 Å². The van der Waals surface area contributed by atoms with E-state index >= 15 is 0 Å². The van der Waals surface area contributed by atoms with Gasteiger partial charge in [0.05, 0.1) is 4.90 Å². The van der Waals surface area contributed by atoms with E-state index in [2.05, 4.69) is 10.0 Å². The van der Waals surface area contributed by atoms with Crippen LogP contribution in [0.15, 0.2) is 29.2 Å². The van der Waals surface area contributed by atoms with Gasteiger partial charge in [-0.05, 0) is 37.2 Å². The van der Waals surface area contributed by atoms with E-state index in [1.165, 1.54) is 12.1 Å². The van der Waals surface area contributed by atoms with Crippen LogP contribution in [-0.4, -0.2) is 34.0 Å². The molecule has 0 unspecified atom stereocenters. The summed E-state index contributed by atoms with van der Waals surface area (Å²) in [5.41, 5.74) is 5.28. The number of benzene rings is 1. The molecule has 1 rings (SSSR count). The van der Waals surface area contributed by atoms with Crippen LogP contribution in [-0.2, 0) is 14.8 Å². The number of hydrogen-bond acceptors (Lipinski definition) is 4. The van der Waals surface area contributed by atoms with E-state index in [1.807, 2.05) is 0 Å². The molecule has 0 heterocycles. The van der Waals surface area contributed by atoms with Crippen LogP contribution in [0, 0.1) is 5.82 Å². The average Bonchev–Trinajstić information content (AvgIpc) is 2.39. The molecule has 0 aliphatic heterocycles. The number of rotatable bonds is 8. The Bertz CT molecular complexity index is 531. The molecule has 0 atom stereocenters. The van der Waals surface area contributed by atoms with Crippen molar-refractivity contribution in [3.8, 4) is 0 Å². The summed E-state index contributed by atoms with van der Waals surface area (Å²) in [4.78, 5) is 11.3. The van der Waals surface area contributed by atoms with Crippen LogP contribution in [0.4, 0.5) is 4.39 Å². The average molecular weight is 303 g/mol. The molecule has 0 saturated carbocycles. The van der Waals surface area contributed by atoms with Crippen LogP contribution in [0.3, 0.4) is 0 Å². The molecule has 8 heteroatoms. The Kier molecular flexibility index (Phi) is 6.56. The Morgan fingerprint density at radius 1 is 1.20 bits per heavy atom. The van der Waals surface area contributed by atoms with Gasteiger partial charge in [0.25, 0.3) is 0 Å². The number of amides is 1. The fourth-order valence-electron chi connectivity index (χ4n) is 1.41. The lowest BCUT2D eigenvalue weighted by atomic mass is 10.3. The molecule has 0 fully saturated rings. The smallest absolute Gasteiger partial charge is 0.240 e. The molecular formula is C12H18FN3O3S. The molecule has 0 spiro atoms. The third kappa shape index (κ3) is 5.64. The lowest BCUT2D eigenvalue weighted by molar-refractivity contribution is -0.120. The first-order valence-corrected chi connectivity index (χ1v) is 7.66. The number of sulfonamides is 1. The molecule has 20 heavy (non-hydrogen) atoms. The van der Waals surface area contributed by atoms with Gasteiger partial charge in [0.2, 0.25) is 15.9 Å². The summed E-state index contributed by atoms with van der Waals surface area (Å²) >= 11 is 0. The van der Waals surface area contributed by atoms with Crippen LogP contribution < -0.4 is 15.8 Å². The third-order valence-electron chi connectivity index (χ3n) is 2.47. The van der Waals surface area contributed by atoms with Crippen molar-refractivity contribution in [1.82, 2.24) is 10.0 Å². The summed E-state index contributed by atoms with van der Waals surface area (Å²) < 4.78 is 38.6. The Balaban J connectivity index is 2.40. The molecule has 112 valence electrons. The molecule has 1 aromatic rings. The van der Waals surface area contributed by atoms with Gasteiger partial charge in [0.15, 0.2) is 0 Å². The van der Waals surface area contributed by atoms with E-state index in [-0.39, 0.29) is 23.8 Å². The Morgan fingerprint density at radius 3 is 2.45 bits per heavy atom. The highest BCUT2D eigenvalue weighted by atomic mass is 32.2. The van der Waals surface area contributed by atoms with Gasteiger partial charge in [-0.3, -0.25) is 4.79 Å². The second-order valence-corrected chi connectivity index (χ2v) is 5.86. The minimum atomic E-state index is -3.71. The van der Waals surface area contributed by atoms with Crippen LogP contribution in [0.1, 0.15) is 12.8 Å². The predicted molar refractivity (Wildman–Crippen MR) is 72.9 cm³/mol. The summed E-state index contributed by atoms with van der Waals surface area (Å²) in [6.45, 7) is 0.936. The van der Waals surface area contributed by atoms with Crippen molar-refractivity contribution < 1.29 is 17.6 Å². The van der Waals surface area contributed by atoms with Crippen molar-refractivity contribution >= 4 is 15.9 Å². The first kappa shape index (κ1) is 16.5. The Labute approximate surface area is 117 Å². The maximum atomic E-state index is 12.7. The van der Waals surface area contributed by atoms with E-state index < -0.39 is 15.8 Å². The minimum absolute atomic E-state index is 0.0197. The monoisotopic (exact) mass is 303 g/mol. The van der Waals surface area contributed by atoms with Gasteiger partial charge in [-0.15, -0.1) is 0 Å². The molecule has 0 aliphatic rings. The van der Waals surface area contributed by atoms with Crippen LogP contribution in [0.25, 0.3) is 0 Å². The largest absolute Gasteiger partial charge is 0.356 e. The zero-order valence-electron chi connectivity index (χ0n) is 10.9. The lowest BCUT2D eigenvalue weighted by Crippen LogP contribution is -2.31. The molecule has 0 radical (unpaired) electrons. The summed E-state index contributed by atoms with van der Waals surface area (Å²) in [5.74, 6) is -0.761. The predicted octanol–water partition coefficient (Wildman–Crippen LogP) is -0.0409. The van der Waals surface area contributed by atoms with Crippen molar-refractivity contribution in [2.24, 2.45) is 5.73 Å². The summed E-state index contributed by atoms with van der Waals surface area (Å²) in [6.07, 6.45) is 0.706. The van der Waals surface area contributed by atoms with Gasteiger partial charge in [-0.1, -0.05) is 0 Å². The fourth-order valence-corrected chi connectivity index (χ4v) is 2.45. The van der Waals surface area contributed by atoms with Gasteiger partial charge in [-0.2, -0.15) is 0 Å². The molecular weight excluding hydrogens is 285 g/mol. The number of nitrogens with two attached hydrogens (primary N) is 1. The van der Waals surface area contributed by atoms with Crippen molar-refractivity contribution in [1.29, 1.82) is 0 Å². The van der Waals surface area contributed by atoms with E-state index in [0.29, 0.717) is 19.5 Å². The van der Waals surface area contributed by atoms with Crippen molar-refractivity contribution in [2.75, 3.05) is 19.6 Å². The number of halogens is 1. The topological polar surface area (TPSA) is 101 Å². The maximum absolute atomic E-state index is 12.7. The van der Waals surface area contributed by atoms with Crippen LogP contribution in [0.2, 0.25) is 0 Å². The quantitative estimate of drug-likeness (QED) is 0.586. The van der Waals surface area contributed by atoms with E-state index in [0.717, 1.165) is 12.1 Å². The molecule has 6 nitrogen and oxygen atoms in total. The Morgan fingerprint density at radius 2 is 1.85 bits per heavy atom. The molecule has 1 aromatic carbocycles. The van der Waals surface area contributed by atoms with Gasteiger partial charge >= 0.3 is 0 Å².